The number of benzene rings is 1. The highest BCUT2D eigenvalue weighted by Gasteiger charge is 2.31. The Labute approximate surface area is 108 Å². The fraction of sp³-hybridized carbons (Fsp3) is 0.538. The van der Waals surface area contributed by atoms with Gasteiger partial charge in [0.1, 0.15) is 5.75 Å². The number of nitrogens with two attached hydrogens (primary N) is 1. The van der Waals surface area contributed by atoms with E-state index in [1.54, 1.807) is 12.1 Å². The molecule has 0 aliphatic heterocycles. The van der Waals surface area contributed by atoms with Crippen LogP contribution in [0.3, 0.4) is 0 Å². The number of halogens is 1. The first-order valence-electron chi connectivity index (χ1n) is 5.83. The van der Waals surface area contributed by atoms with E-state index < -0.39 is 12.1 Å². The molecule has 2 rings (SSSR count). The van der Waals surface area contributed by atoms with Gasteiger partial charge in [0.15, 0.2) is 0 Å². The zero-order valence-electron chi connectivity index (χ0n) is 9.97. The molecule has 0 saturated heterocycles. The number of hydrogen-bond donors (Lipinski definition) is 3. The van der Waals surface area contributed by atoms with Crippen LogP contribution >= 0.6 is 12.4 Å². The van der Waals surface area contributed by atoms with Gasteiger partial charge in [-0.25, -0.2) is 0 Å². The minimum absolute atomic E-state index is 0. The molecular weight excluding hydrogens is 238 g/mol. The summed E-state index contributed by atoms with van der Waals surface area (Å²) in [7, 11) is 0. The predicted octanol–water partition coefficient (Wildman–Crippen LogP) is 2.28. The molecule has 2 atom stereocenters. The summed E-state index contributed by atoms with van der Waals surface area (Å²) in [4.78, 5) is 0. The Morgan fingerprint density at radius 2 is 2.00 bits per heavy atom. The maximum Gasteiger partial charge on any atom is 0.120 e. The highest BCUT2D eigenvalue weighted by Crippen LogP contribution is 2.36. The Morgan fingerprint density at radius 1 is 1.35 bits per heavy atom. The average molecular weight is 258 g/mol. The van der Waals surface area contributed by atoms with Crippen molar-refractivity contribution in [3.05, 3.63) is 29.3 Å². The molecule has 1 aromatic rings. The molecule has 3 nitrogen and oxygen atoms in total. The molecule has 1 saturated carbocycles. The van der Waals surface area contributed by atoms with Crippen LogP contribution in [-0.2, 0) is 0 Å². The van der Waals surface area contributed by atoms with Crippen molar-refractivity contribution in [3.8, 4) is 5.75 Å². The van der Waals surface area contributed by atoms with E-state index in [-0.39, 0.29) is 18.2 Å². The molecule has 17 heavy (non-hydrogen) atoms. The molecule has 0 heterocycles. The van der Waals surface area contributed by atoms with Gasteiger partial charge in [-0.2, -0.15) is 0 Å². The Kier molecular flexibility index (Phi) is 4.80. The number of phenolic OH excluding ortho intramolecular Hbond substituents is 1. The molecule has 0 spiro atoms. The van der Waals surface area contributed by atoms with Crippen LogP contribution < -0.4 is 5.73 Å². The number of rotatable bonds is 3. The monoisotopic (exact) mass is 257 g/mol. The molecule has 0 bridgehead atoms. The Bertz CT molecular complexity index is 380. The Morgan fingerprint density at radius 3 is 2.47 bits per heavy atom. The first kappa shape index (κ1) is 14.3. The topological polar surface area (TPSA) is 66.5 Å². The first-order valence-corrected chi connectivity index (χ1v) is 5.83. The lowest BCUT2D eigenvalue weighted by molar-refractivity contribution is 0.0407. The lowest BCUT2D eigenvalue weighted by atomic mass is 9.77. The number of hydrogen-bond acceptors (Lipinski definition) is 3. The van der Waals surface area contributed by atoms with E-state index in [2.05, 4.69) is 0 Å². The van der Waals surface area contributed by atoms with Crippen LogP contribution in [0, 0.1) is 12.8 Å². The van der Waals surface area contributed by atoms with Crippen LogP contribution in [0.4, 0.5) is 0 Å². The summed E-state index contributed by atoms with van der Waals surface area (Å²) >= 11 is 0. The third-order valence-electron chi connectivity index (χ3n) is 3.55. The van der Waals surface area contributed by atoms with Gasteiger partial charge < -0.3 is 15.9 Å². The van der Waals surface area contributed by atoms with Crippen molar-refractivity contribution in [1.82, 2.24) is 0 Å². The van der Waals surface area contributed by atoms with Crippen molar-refractivity contribution in [3.63, 3.8) is 0 Å². The largest absolute Gasteiger partial charge is 0.508 e. The molecule has 0 radical (unpaired) electrons. The Hall–Kier alpha value is -0.770. The standard InChI is InChI=1S/C13H19NO2.ClH/c1-8-5-6-10(11(15)7-8)12(14)13(16)9-3-2-4-9;/h5-7,9,12-13,15-16H,2-4,14H2,1H3;1H/t12-,13+;/m0./s1. The molecule has 0 amide bonds. The van der Waals surface area contributed by atoms with E-state index >= 15 is 0 Å². The molecule has 4 heteroatoms. The summed E-state index contributed by atoms with van der Waals surface area (Å²) in [6.45, 7) is 1.91. The average Bonchev–Trinajstić information content (AvgIpc) is 2.14. The van der Waals surface area contributed by atoms with Crippen molar-refractivity contribution >= 4 is 12.4 Å². The summed E-state index contributed by atoms with van der Waals surface area (Å²) < 4.78 is 0. The zero-order chi connectivity index (χ0) is 11.7. The summed E-state index contributed by atoms with van der Waals surface area (Å²) in [6.07, 6.45) is 2.72. The van der Waals surface area contributed by atoms with Crippen LogP contribution in [0.1, 0.15) is 36.4 Å². The molecular formula is C13H20ClNO2. The second-order valence-corrected chi connectivity index (χ2v) is 4.77. The molecule has 0 aromatic heterocycles. The molecule has 1 aliphatic rings. The van der Waals surface area contributed by atoms with Crippen molar-refractivity contribution in [1.29, 1.82) is 0 Å². The number of aliphatic hydroxyl groups excluding tert-OH is 1. The smallest absolute Gasteiger partial charge is 0.120 e. The Balaban J connectivity index is 0.00000144. The van der Waals surface area contributed by atoms with E-state index in [0.29, 0.717) is 11.5 Å². The van der Waals surface area contributed by atoms with Crippen LogP contribution in [0.2, 0.25) is 0 Å². The van der Waals surface area contributed by atoms with Gasteiger partial charge in [0.25, 0.3) is 0 Å². The van der Waals surface area contributed by atoms with Crippen molar-refractivity contribution < 1.29 is 10.2 Å². The van der Waals surface area contributed by atoms with Crippen molar-refractivity contribution in [2.24, 2.45) is 11.7 Å². The summed E-state index contributed by atoms with van der Waals surface area (Å²) in [6, 6.07) is 4.91. The number of aryl methyl sites for hydroxylation is 1. The van der Waals surface area contributed by atoms with E-state index in [0.717, 1.165) is 18.4 Å². The quantitative estimate of drug-likeness (QED) is 0.778. The van der Waals surface area contributed by atoms with Gasteiger partial charge in [-0.05, 0) is 37.3 Å². The maximum atomic E-state index is 10.0. The van der Waals surface area contributed by atoms with E-state index in [9.17, 15) is 10.2 Å². The third kappa shape index (κ3) is 2.92. The zero-order valence-corrected chi connectivity index (χ0v) is 10.8. The van der Waals surface area contributed by atoms with Gasteiger partial charge in [0.05, 0.1) is 12.1 Å². The molecule has 1 fully saturated rings. The lowest BCUT2D eigenvalue weighted by Gasteiger charge is -2.34. The second-order valence-electron chi connectivity index (χ2n) is 4.77. The normalized spacial score (nSPS) is 19.0. The van der Waals surface area contributed by atoms with Crippen molar-refractivity contribution in [2.75, 3.05) is 0 Å². The molecule has 96 valence electrons. The lowest BCUT2D eigenvalue weighted by Crippen LogP contribution is -2.36. The molecule has 4 N–H and O–H groups in total. The van der Waals surface area contributed by atoms with Gasteiger partial charge in [-0.3, -0.25) is 0 Å². The number of phenols is 1. The third-order valence-corrected chi connectivity index (χ3v) is 3.55. The highest BCUT2D eigenvalue weighted by atomic mass is 35.5. The van der Waals surface area contributed by atoms with Crippen LogP contribution in [0.25, 0.3) is 0 Å². The SMILES string of the molecule is Cc1ccc([C@H](N)[C@H](O)C2CCC2)c(O)c1.Cl. The molecule has 1 aromatic carbocycles. The molecule has 0 unspecified atom stereocenters. The van der Waals surface area contributed by atoms with Crippen molar-refractivity contribution in [2.45, 2.75) is 38.3 Å². The highest BCUT2D eigenvalue weighted by molar-refractivity contribution is 5.85. The molecule has 1 aliphatic carbocycles. The summed E-state index contributed by atoms with van der Waals surface area (Å²) in [5.41, 5.74) is 7.63. The van der Waals surface area contributed by atoms with E-state index in [4.69, 9.17) is 5.73 Å². The van der Waals surface area contributed by atoms with Gasteiger partial charge in [0, 0.05) is 5.56 Å². The maximum absolute atomic E-state index is 10.0. The number of aromatic hydroxyl groups is 1. The summed E-state index contributed by atoms with van der Waals surface area (Å²) in [5, 5.41) is 19.8. The fourth-order valence-corrected chi connectivity index (χ4v) is 2.19. The summed E-state index contributed by atoms with van der Waals surface area (Å²) in [5.74, 6) is 0.488. The first-order chi connectivity index (χ1) is 7.59. The van der Waals surface area contributed by atoms with E-state index in [1.807, 2.05) is 13.0 Å². The van der Waals surface area contributed by atoms with Crippen LogP contribution in [0.15, 0.2) is 18.2 Å². The minimum atomic E-state index is -0.539. The fourth-order valence-electron chi connectivity index (χ4n) is 2.19. The van der Waals surface area contributed by atoms with Gasteiger partial charge in [-0.1, -0.05) is 18.6 Å². The second kappa shape index (κ2) is 5.71. The van der Waals surface area contributed by atoms with Crippen LogP contribution in [0.5, 0.6) is 5.75 Å². The predicted molar refractivity (Wildman–Crippen MR) is 70.4 cm³/mol. The minimum Gasteiger partial charge on any atom is -0.508 e. The van der Waals surface area contributed by atoms with Gasteiger partial charge >= 0.3 is 0 Å². The van der Waals surface area contributed by atoms with E-state index in [1.165, 1.54) is 6.42 Å². The van der Waals surface area contributed by atoms with Crippen LogP contribution in [-0.4, -0.2) is 16.3 Å². The number of aliphatic hydroxyl groups is 1. The van der Waals surface area contributed by atoms with Gasteiger partial charge in [-0.15, -0.1) is 12.4 Å². The van der Waals surface area contributed by atoms with Gasteiger partial charge in [0.2, 0.25) is 0 Å².